The zero-order chi connectivity index (χ0) is 13.3. The van der Waals surface area contributed by atoms with Crippen molar-refractivity contribution in [2.45, 2.75) is 18.4 Å². The Morgan fingerprint density at radius 1 is 1.22 bits per heavy atom. The number of nitrogens with zero attached hydrogens (tertiary/aromatic N) is 1. The molecule has 1 heterocycles. The molecule has 0 saturated carbocycles. The van der Waals surface area contributed by atoms with E-state index in [-0.39, 0.29) is 37.4 Å². The predicted molar refractivity (Wildman–Crippen MR) is 62.5 cm³/mol. The van der Waals surface area contributed by atoms with Gasteiger partial charge in [-0.3, -0.25) is 0 Å². The number of piperidine rings is 1. The first kappa shape index (κ1) is 12.5. The van der Waals surface area contributed by atoms with Crippen molar-refractivity contribution in [1.82, 2.24) is 4.90 Å². The van der Waals surface area contributed by atoms with E-state index in [0.717, 1.165) is 6.07 Å². The number of amides is 1. The number of phenols is 2. The number of benzene rings is 1. The summed E-state index contributed by atoms with van der Waals surface area (Å²) in [6.07, 6.45) is -0.568. The van der Waals surface area contributed by atoms with Crippen LogP contribution in [0.4, 0.5) is 4.79 Å². The zero-order valence-electron chi connectivity index (χ0n) is 9.70. The van der Waals surface area contributed by atoms with Crippen molar-refractivity contribution in [2.75, 3.05) is 13.1 Å². The molecule has 1 amide bonds. The van der Waals surface area contributed by atoms with Crippen molar-refractivity contribution in [3.05, 3.63) is 23.8 Å². The number of likely N-dealkylation sites (tertiary alicyclic amines) is 1. The lowest BCUT2D eigenvalue weighted by Gasteiger charge is -2.37. The second kappa shape index (κ2) is 4.38. The van der Waals surface area contributed by atoms with Crippen molar-refractivity contribution in [3.63, 3.8) is 0 Å². The summed E-state index contributed by atoms with van der Waals surface area (Å²) < 4.78 is 0. The highest BCUT2D eigenvalue weighted by molar-refractivity contribution is 5.65. The summed E-state index contributed by atoms with van der Waals surface area (Å²) in [5.41, 5.74) is -0.922. The largest absolute Gasteiger partial charge is 0.508 e. The third-order valence-electron chi connectivity index (χ3n) is 3.34. The second-order valence-corrected chi connectivity index (χ2v) is 4.50. The topological polar surface area (TPSA) is 101 Å². The Kier molecular flexibility index (Phi) is 3.04. The van der Waals surface area contributed by atoms with Crippen LogP contribution in [0.25, 0.3) is 0 Å². The zero-order valence-corrected chi connectivity index (χ0v) is 9.70. The first-order valence-corrected chi connectivity index (χ1v) is 5.65. The molecule has 1 aromatic carbocycles. The molecule has 0 spiro atoms. The fraction of sp³-hybridized carbons (Fsp3) is 0.417. The summed E-state index contributed by atoms with van der Waals surface area (Å²) in [7, 11) is 0. The minimum Gasteiger partial charge on any atom is -0.508 e. The highest BCUT2D eigenvalue weighted by Gasteiger charge is 2.37. The quantitative estimate of drug-likeness (QED) is 0.599. The Morgan fingerprint density at radius 3 is 2.33 bits per heavy atom. The van der Waals surface area contributed by atoms with Crippen LogP contribution in [-0.2, 0) is 5.60 Å². The molecule has 1 saturated heterocycles. The average Bonchev–Trinajstić information content (AvgIpc) is 2.29. The SMILES string of the molecule is O=C(O)N1CCC(O)(c2ccc(O)cc2O)CC1. The van der Waals surface area contributed by atoms with Crippen LogP contribution in [-0.4, -0.2) is 44.5 Å². The van der Waals surface area contributed by atoms with Gasteiger partial charge in [0.2, 0.25) is 0 Å². The maximum Gasteiger partial charge on any atom is 0.407 e. The van der Waals surface area contributed by atoms with Crippen molar-refractivity contribution in [2.24, 2.45) is 0 Å². The van der Waals surface area contributed by atoms with Gasteiger partial charge < -0.3 is 25.3 Å². The van der Waals surface area contributed by atoms with E-state index in [2.05, 4.69) is 0 Å². The van der Waals surface area contributed by atoms with Crippen molar-refractivity contribution in [3.8, 4) is 11.5 Å². The van der Waals surface area contributed by atoms with Crippen LogP contribution in [0.1, 0.15) is 18.4 Å². The van der Waals surface area contributed by atoms with Gasteiger partial charge in [0, 0.05) is 24.7 Å². The van der Waals surface area contributed by atoms with Crippen molar-refractivity contribution < 1.29 is 25.2 Å². The maximum absolute atomic E-state index is 10.8. The van der Waals surface area contributed by atoms with E-state index in [9.17, 15) is 20.1 Å². The average molecular weight is 253 g/mol. The normalized spacial score (nSPS) is 18.6. The standard InChI is InChI=1S/C12H15NO5/c14-8-1-2-9(10(15)7-8)12(18)3-5-13(6-4-12)11(16)17/h1-2,7,14-15,18H,3-6H2,(H,16,17). The fourth-order valence-corrected chi connectivity index (χ4v) is 2.25. The molecule has 1 aliphatic rings. The number of carboxylic acid groups (broad SMARTS) is 1. The van der Waals surface area contributed by atoms with E-state index in [1.54, 1.807) is 0 Å². The summed E-state index contributed by atoms with van der Waals surface area (Å²) >= 11 is 0. The molecule has 4 N–H and O–H groups in total. The van der Waals surface area contributed by atoms with E-state index in [1.165, 1.54) is 17.0 Å². The van der Waals surface area contributed by atoms with E-state index in [1.807, 2.05) is 0 Å². The first-order chi connectivity index (χ1) is 8.42. The molecule has 0 atom stereocenters. The Bertz CT molecular complexity index is 466. The Hall–Kier alpha value is -1.95. The molecule has 18 heavy (non-hydrogen) atoms. The Balaban J connectivity index is 2.20. The van der Waals surface area contributed by atoms with Crippen LogP contribution < -0.4 is 0 Å². The molecule has 1 aliphatic heterocycles. The lowest BCUT2D eigenvalue weighted by atomic mass is 9.84. The van der Waals surface area contributed by atoms with Gasteiger partial charge in [0.1, 0.15) is 11.5 Å². The number of hydrogen-bond donors (Lipinski definition) is 4. The number of carbonyl (C=O) groups is 1. The minimum absolute atomic E-state index is 0.0807. The molecule has 0 radical (unpaired) electrons. The third kappa shape index (κ3) is 2.19. The Morgan fingerprint density at radius 2 is 1.83 bits per heavy atom. The molecule has 6 heteroatoms. The molecule has 98 valence electrons. The van der Waals surface area contributed by atoms with E-state index in [4.69, 9.17) is 5.11 Å². The van der Waals surface area contributed by atoms with Crippen LogP contribution in [0, 0.1) is 0 Å². The van der Waals surface area contributed by atoms with E-state index in [0.29, 0.717) is 5.56 Å². The maximum atomic E-state index is 10.8. The minimum atomic E-state index is -1.25. The second-order valence-electron chi connectivity index (χ2n) is 4.50. The van der Waals surface area contributed by atoms with Gasteiger partial charge in [0.25, 0.3) is 0 Å². The number of rotatable bonds is 1. The molecular formula is C12H15NO5. The highest BCUT2D eigenvalue weighted by atomic mass is 16.4. The number of hydrogen-bond acceptors (Lipinski definition) is 4. The molecule has 6 nitrogen and oxygen atoms in total. The summed E-state index contributed by atoms with van der Waals surface area (Å²) in [6.45, 7) is 0.429. The van der Waals surface area contributed by atoms with Crippen molar-refractivity contribution in [1.29, 1.82) is 0 Å². The summed E-state index contributed by atoms with van der Waals surface area (Å²) in [6, 6.07) is 4.01. The van der Waals surface area contributed by atoms with Gasteiger partial charge >= 0.3 is 6.09 Å². The van der Waals surface area contributed by atoms with Gasteiger partial charge in [-0.25, -0.2) is 4.79 Å². The fourth-order valence-electron chi connectivity index (χ4n) is 2.25. The predicted octanol–water partition coefficient (Wildman–Crippen LogP) is 1.06. The van der Waals surface area contributed by atoms with Gasteiger partial charge in [-0.15, -0.1) is 0 Å². The van der Waals surface area contributed by atoms with Crippen LogP contribution >= 0.6 is 0 Å². The molecular weight excluding hydrogens is 238 g/mol. The number of aromatic hydroxyl groups is 2. The lowest BCUT2D eigenvalue weighted by Crippen LogP contribution is -2.44. The van der Waals surface area contributed by atoms with Gasteiger partial charge in [0.05, 0.1) is 5.60 Å². The number of aliphatic hydroxyl groups is 1. The Labute approximate surface area is 104 Å². The molecule has 2 rings (SSSR count). The highest BCUT2D eigenvalue weighted by Crippen LogP contribution is 2.38. The monoisotopic (exact) mass is 253 g/mol. The van der Waals surface area contributed by atoms with Gasteiger partial charge in [-0.05, 0) is 25.0 Å². The summed E-state index contributed by atoms with van der Waals surface area (Å²) in [4.78, 5) is 12.0. The van der Waals surface area contributed by atoms with Gasteiger partial charge in [-0.2, -0.15) is 0 Å². The molecule has 1 aromatic rings. The molecule has 0 aliphatic carbocycles. The van der Waals surface area contributed by atoms with Gasteiger partial charge in [-0.1, -0.05) is 0 Å². The van der Waals surface area contributed by atoms with Gasteiger partial charge in [0.15, 0.2) is 0 Å². The molecule has 0 bridgehead atoms. The molecule has 0 aromatic heterocycles. The van der Waals surface area contributed by atoms with Crippen LogP contribution in [0.5, 0.6) is 11.5 Å². The molecule has 0 unspecified atom stereocenters. The first-order valence-electron chi connectivity index (χ1n) is 5.65. The summed E-state index contributed by atoms with van der Waals surface area (Å²) in [5, 5.41) is 38.2. The van der Waals surface area contributed by atoms with Crippen LogP contribution in [0.15, 0.2) is 18.2 Å². The van der Waals surface area contributed by atoms with Crippen LogP contribution in [0.2, 0.25) is 0 Å². The molecule has 1 fully saturated rings. The van der Waals surface area contributed by atoms with E-state index >= 15 is 0 Å². The summed E-state index contributed by atoms with van der Waals surface area (Å²) in [5.74, 6) is -0.260. The van der Waals surface area contributed by atoms with E-state index < -0.39 is 11.7 Å². The third-order valence-corrected chi connectivity index (χ3v) is 3.34. The smallest absolute Gasteiger partial charge is 0.407 e. The lowest BCUT2D eigenvalue weighted by molar-refractivity contribution is -0.0228. The number of phenolic OH excluding ortho intramolecular Hbond substituents is 2. The van der Waals surface area contributed by atoms with Crippen molar-refractivity contribution >= 4 is 6.09 Å². The van der Waals surface area contributed by atoms with Crippen LogP contribution in [0.3, 0.4) is 0 Å².